The molecule has 7 atom stereocenters. The Morgan fingerprint density at radius 1 is 0.846 bits per heavy atom. The first-order valence-electron chi connectivity index (χ1n) is 31.4. The van der Waals surface area contributed by atoms with E-state index in [0.717, 1.165) is 78.2 Å². The van der Waals surface area contributed by atoms with Crippen molar-refractivity contribution in [3.8, 4) is 27.6 Å². The lowest BCUT2D eigenvalue weighted by molar-refractivity contribution is -0.144. The molecule has 490 valence electrons. The van der Waals surface area contributed by atoms with Crippen molar-refractivity contribution in [1.82, 2.24) is 45.3 Å². The van der Waals surface area contributed by atoms with E-state index in [2.05, 4.69) is 30.8 Å². The lowest BCUT2D eigenvalue weighted by Gasteiger charge is -2.42. The number of anilines is 2. The van der Waals surface area contributed by atoms with Gasteiger partial charge in [0.1, 0.15) is 46.5 Å². The van der Waals surface area contributed by atoms with Crippen LogP contribution in [0.5, 0.6) is 6.01 Å². The summed E-state index contributed by atoms with van der Waals surface area (Å²) in [6, 6.07) is 9.42. The highest BCUT2D eigenvalue weighted by molar-refractivity contribution is 7.22. The third-order valence-electron chi connectivity index (χ3n) is 17.2. The summed E-state index contributed by atoms with van der Waals surface area (Å²) in [5.41, 5.74) is 2.57. The van der Waals surface area contributed by atoms with Crippen molar-refractivity contribution in [2.75, 3.05) is 49.5 Å². The van der Waals surface area contributed by atoms with Gasteiger partial charge in [-0.3, -0.25) is 29.5 Å². The summed E-state index contributed by atoms with van der Waals surface area (Å²) in [6.45, 7) is 24.8. The Bertz CT molecular complexity index is 3680. The van der Waals surface area contributed by atoms with Gasteiger partial charge in [-0.2, -0.15) is 9.97 Å². The number of carbonyl (C=O) groups is 5. The molecule has 7 heterocycles. The zero-order valence-corrected chi connectivity index (χ0v) is 56.3. The van der Waals surface area contributed by atoms with Gasteiger partial charge in [-0.1, -0.05) is 68.0 Å². The molecule has 0 saturated carbocycles. The van der Waals surface area contributed by atoms with Crippen LogP contribution in [0, 0.1) is 29.9 Å². The van der Waals surface area contributed by atoms with E-state index in [1.165, 1.54) is 17.0 Å². The molecule has 91 heavy (non-hydrogen) atoms. The van der Waals surface area contributed by atoms with Crippen molar-refractivity contribution in [2.45, 2.75) is 188 Å². The van der Waals surface area contributed by atoms with E-state index in [-0.39, 0.29) is 98.4 Å². The Kier molecular flexibility index (Phi) is 19.9. The number of aromatic nitrogens is 4. The number of aliphatic hydroxyl groups excluding tert-OH is 1. The maximum Gasteiger partial charge on any atom is 0.413 e. The second-order valence-electron chi connectivity index (χ2n) is 27.8. The molecule has 4 fully saturated rings. The summed E-state index contributed by atoms with van der Waals surface area (Å²) < 4.78 is 51.0. The molecule has 25 heteroatoms. The van der Waals surface area contributed by atoms with Crippen molar-refractivity contribution < 1.29 is 52.1 Å². The van der Waals surface area contributed by atoms with E-state index in [9.17, 15) is 29.1 Å². The molecule has 5 amide bonds. The summed E-state index contributed by atoms with van der Waals surface area (Å²) in [4.78, 5) is 95.4. The third-order valence-corrected chi connectivity index (χ3v) is 19.5. The monoisotopic (exact) mass is 1310 g/mol. The standard InChI is InChI=1S/C66H84ClF2N11O9S2/c1-35(30-77-26-24-38(25-27-77)14-13-15-49(82)72-56(64(4,5)6)59(84)79-33-43(81)28-48(79)58(83)71-36(2)39-16-18-40(19-17-39)54-37(3)70-34-90-54)87-60-73-52-45(57(75-60)78-31-41-20-21-42(32-78)80(41)63(86)89-66(10,11)12)29-46(67)50(51(52)69)44-22-23-47(68)55-53(44)74-61(91-55)76-62(85)88-65(7,8)9/h16-19,22-23,29,34-36,38,41-43,48,56,81H,13-15,20-21,24-28,30-33H2,1-12H3,(H,71,83)(H,72,82)(H,74,76,85)/t35-,36-,41?,42?,43+,48-,56+/m0/s1. The van der Waals surface area contributed by atoms with Gasteiger partial charge in [0.2, 0.25) is 17.7 Å². The molecular weight excluding hydrogens is 1230 g/mol. The van der Waals surface area contributed by atoms with Gasteiger partial charge >= 0.3 is 18.2 Å². The number of ether oxygens (including phenoxy) is 3. The van der Waals surface area contributed by atoms with Crippen LogP contribution in [0.2, 0.25) is 5.02 Å². The van der Waals surface area contributed by atoms with Crippen molar-refractivity contribution >= 4 is 96.3 Å². The Morgan fingerprint density at radius 3 is 2.16 bits per heavy atom. The van der Waals surface area contributed by atoms with E-state index in [1.807, 2.05) is 97.0 Å². The summed E-state index contributed by atoms with van der Waals surface area (Å²) >= 11 is 9.52. The van der Waals surface area contributed by atoms with E-state index < -0.39 is 64.5 Å². The van der Waals surface area contributed by atoms with Gasteiger partial charge in [0.15, 0.2) is 10.9 Å². The number of rotatable bonds is 17. The zero-order valence-electron chi connectivity index (χ0n) is 53.9. The zero-order chi connectivity index (χ0) is 65.6. The van der Waals surface area contributed by atoms with Crippen LogP contribution in [-0.2, 0) is 23.9 Å². The average molecular weight is 1310 g/mol. The Hall–Kier alpha value is -6.86. The number of β-amino-alcohol motifs (C(OH)–C–C–N with tert-alkyl or cyclic N) is 1. The minimum absolute atomic E-state index is 0.00748. The normalized spacial score (nSPS) is 20.2. The number of thiazole rings is 2. The van der Waals surface area contributed by atoms with Gasteiger partial charge in [0.05, 0.1) is 55.6 Å². The first-order chi connectivity index (χ1) is 42.9. The van der Waals surface area contributed by atoms with Crippen LogP contribution in [0.25, 0.3) is 42.7 Å². The second kappa shape index (κ2) is 27.0. The molecule has 2 unspecified atom stereocenters. The van der Waals surface area contributed by atoms with Gasteiger partial charge in [-0.25, -0.2) is 28.3 Å². The topological polar surface area (TPSA) is 234 Å². The fourth-order valence-electron chi connectivity index (χ4n) is 12.8. The van der Waals surface area contributed by atoms with Gasteiger partial charge in [0.25, 0.3) is 0 Å². The highest BCUT2D eigenvalue weighted by atomic mass is 35.5. The van der Waals surface area contributed by atoms with Gasteiger partial charge in [-0.05, 0) is 155 Å². The molecule has 6 aromatic rings. The highest BCUT2D eigenvalue weighted by Gasteiger charge is 2.47. The van der Waals surface area contributed by atoms with Crippen LogP contribution >= 0.6 is 34.3 Å². The van der Waals surface area contributed by atoms with E-state index in [1.54, 1.807) is 43.1 Å². The molecular formula is C66H84ClF2N11O9S2. The van der Waals surface area contributed by atoms with Crippen LogP contribution in [0.15, 0.2) is 48.0 Å². The third kappa shape index (κ3) is 15.6. The largest absolute Gasteiger partial charge is 0.459 e. The minimum Gasteiger partial charge on any atom is -0.459 e. The van der Waals surface area contributed by atoms with Crippen LogP contribution < -0.4 is 25.6 Å². The van der Waals surface area contributed by atoms with E-state index in [0.29, 0.717) is 43.2 Å². The quantitative estimate of drug-likeness (QED) is 0.0665. The Morgan fingerprint density at radius 2 is 1.53 bits per heavy atom. The molecule has 3 aromatic carbocycles. The number of aryl methyl sites for hydroxylation is 1. The van der Waals surface area contributed by atoms with Gasteiger partial charge in [0, 0.05) is 55.5 Å². The first kappa shape index (κ1) is 67.0. The highest BCUT2D eigenvalue weighted by Crippen LogP contribution is 2.45. The maximum absolute atomic E-state index is 17.7. The van der Waals surface area contributed by atoms with Gasteiger partial charge in [-0.15, -0.1) is 11.3 Å². The summed E-state index contributed by atoms with van der Waals surface area (Å²) in [5, 5.41) is 19.8. The van der Waals surface area contributed by atoms with Crippen molar-refractivity contribution in [1.29, 1.82) is 0 Å². The number of benzene rings is 3. The second-order valence-corrected chi connectivity index (χ2v) is 30.1. The number of piperidine rings is 1. The van der Waals surface area contributed by atoms with Crippen LogP contribution in [0.1, 0.15) is 145 Å². The summed E-state index contributed by atoms with van der Waals surface area (Å²) in [5.74, 6) is -1.74. The SMILES string of the molecule is Cc1ncsc1-c1ccc([C@H](C)NC(=O)[C@@H]2C[C@@H](O)CN2C(=O)[C@@H](NC(=O)CCCC2CCN(C[C@H](C)Oc3nc(N4CC5CCC(C4)N5C(=O)OC(C)(C)C)c4cc(Cl)c(-c5ccc(F)c6sc(NC(=O)OC(C)(C)C)nc56)c(F)c4n3)CC2)C(C)(C)C)cc1. The van der Waals surface area contributed by atoms with Crippen LogP contribution in [0.3, 0.4) is 0 Å². The van der Waals surface area contributed by atoms with Gasteiger partial charge < -0.3 is 39.8 Å². The molecule has 3 aromatic heterocycles. The Labute approximate surface area is 543 Å². The predicted octanol–water partition coefficient (Wildman–Crippen LogP) is 12.2. The molecule has 4 aliphatic rings. The molecule has 0 spiro atoms. The number of hydrogen-bond acceptors (Lipinski definition) is 17. The molecule has 2 bridgehead atoms. The maximum atomic E-state index is 17.7. The van der Waals surface area contributed by atoms with Crippen molar-refractivity contribution in [3.63, 3.8) is 0 Å². The number of carbonyl (C=O) groups excluding carboxylic acids is 5. The molecule has 0 radical (unpaired) electrons. The number of aliphatic hydroxyl groups is 1. The number of piperazine rings is 1. The number of fused-ring (bicyclic) bond motifs is 4. The minimum atomic E-state index is -0.936. The molecule has 4 aliphatic heterocycles. The molecule has 10 rings (SSSR count). The molecule has 0 aliphatic carbocycles. The smallest absolute Gasteiger partial charge is 0.413 e. The van der Waals surface area contributed by atoms with E-state index >= 15 is 8.78 Å². The fraction of sp³-hybridized carbons (Fsp3) is 0.561. The number of likely N-dealkylation sites (tertiary alicyclic amines) is 2. The molecule has 4 saturated heterocycles. The van der Waals surface area contributed by atoms with Crippen molar-refractivity contribution in [3.05, 3.63) is 75.9 Å². The predicted molar refractivity (Wildman–Crippen MR) is 349 cm³/mol. The molecule has 20 nitrogen and oxygen atoms in total. The first-order valence-corrected chi connectivity index (χ1v) is 33.5. The van der Waals surface area contributed by atoms with Crippen molar-refractivity contribution in [2.24, 2.45) is 11.3 Å². The number of amides is 5. The van der Waals surface area contributed by atoms with Crippen LogP contribution in [-0.4, -0.2) is 156 Å². The molecule has 4 N–H and O–H groups in total. The lowest BCUT2D eigenvalue weighted by atomic mass is 9.85. The van der Waals surface area contributed by atoms with E-state index in [4.69, 9.17) is 35.8 Å². The number of halogens is 3. The lowest BCUT2D eigenvalue weighted by Crippen LogP contribution is -2.57. The summed E-state index contributed by atoms with van der Waals surface area (Å²) in [6.07, 6.45) is 2.42. The number of nitrogens with zero attached hydrogens (tertiary/aromatic N) is 8. The Balaban J connectivity index is 0.776. The van der Waals surface area contributed by atoms with Crippen LogP contribution in [0.4, 0.5) is 29.3 Å². The summed E-state index contributed by atoms with van der Waals surface area (Å²) in [7, 11) is 0. The number of nitrogens with one attached hydrogen (secondary N) is 3. The fourth-order valence-corrected chi connectivity index (χ4v) is 14.8. The average Bonchev–Trinajstić information content (AvgIpc) is 1.73. The number of hydrogen-bond donors (Lipinski definition) is 4.